The maximum atomic E-state index is 10.9. The molecule has 7 nitrogen and oxygen atoms in total. The van der Waals surface area contributed by atoms with E-state index in [4.69, 9.17) is 9.47 Å². The summed E-state index contributed by atoms with van der Waals surface area (Å²) in [6.45, 7) is 2.64. The number of methoxy groups -OCH3 is 1. The van der Waals surface area contributed by atoms with Gasteiger partial charge in [0.05, 0.1) is 18.1 Å². The molecule has 0 atom stereocenters. The summed E-state index contributed by atoms with van der Waals surface area (Å²) in [5, 5.41) is 14.0. The van der Waals surface area contributed by atoms with Gasteiger partial charge in [-0.1, -0.05) is 0 Å². The van der Waals surface area contributed by atoms with E-state index in [1.165, 1.54) is 19.2 Å². The van der Waals surface area contributed by atoms with Gasteiger partial charge in [0.2, 0.25) is 11.7 Å². The van der Waals surface area contributed by atoms with Crippen LogP contribution < -0.4 is 10.1 Å². The van der Waals surface area contributed by atoms with E-state index in [0.29, 0.717) is 12.5 Å². The lowest BCUT2D eigenvalue weighted by atomic mass is 9.89. The number of pyridine rings is 1. The summed E-state index contributed by atoms with van der Waals surface area (Å²) in [7, 11) is 1.48. The monoisotopic (exact) mass is 267 g/mol. The molecule has 0 radical (unpaired) electrons. The minimum atomic E-state index is -0.451. The molecule has 0 aromatic carbocycles. The summed E-state index contributed by atoms with van der Waals surface area (Å²) >= 11 is 0. The van der Waals surface area contributed by atoms with Crippen molar-refractivity contribution in [1.82, 2.24) is 4.98 Å². The van der Waals surface area contributed by atoms with E-state index in [-0.39, 0.29) is 23.7 Å². The fourth-order valence-electron chi connectivity index (χ4n) is 2.05. The normalized spacial score (nSPS) is 21.6. The van der Waals surface area contributed by atoms with E-state index in [0.717, 1.165) is 12.8 Å². The number of nitrogens with zero attached hydrogens (tertiary/aromatic N) is 2. The SMILES string of the molecule is CCOC1CC(Nc2nc(OC)ccc2[N+](=O)[O-])C1. The third kappa shape index (κ3) is 3.11. The van der Waals surface area contributed by atoms with Crippen LogP contribution in [0.25, 0.3) is 0 Å². The second-order valence-corrected chi connectivity index (χ2v) is 4.37. The van der Waals surface area contributed by atoms with Crippen molar-refractivity contribution in [2.24, 2.45) is 0 Å². The first-order valence-electron chi connectivity index (χ1n) is 6.21. The molecule has 7 heteroatoms. The van der Waals surface area contributed by atoms with Gasteiger partial charge in [0.25, 0.3) is 0 Å². The Bertz CT molecular complexity index is 460. The largest absolute Gasteiger partial charge is 0.481 e. The van der Waals surface area contributed by atoms with Crippen molar-refractivity contribution in [2.75, 3.05) is 19.0 Å². The molecule has 1 aromatic rings. The Balaban J connectivity index is 2.04. The third-order valence-electron chi connectivity index (χ3n) is 3.09. The van der Waals surface area contributed by atoms with Crippen LogP contribution in [-0.2, 0) is 4.74 Å². The number of nitro groups is 1. The van der Waals surface area contributed by atoms with Gasteiger partial charge in [-0.15, -0.1) is 0 Å². The van der Waals surface area contributed by atoms with Crippen LogP contribution in [0.3, 0.4) is 0 Å². The fourth-order valence-corrected chi connectivity index (χ4v) is 2.05. The van der Waals surface area contributed by atoms with E-state index in [1.807, 2.05) is 6.92 Å². The Morgan fingerprint density at radius 1 is 1.53 bits per heavy atom. The molecule has 1 aliphatic rings. The maximum absolute atomic E-state index is 10.9. The smallest absolute Gasteiger partial charge is 0.311 e. The number of nitrogens with one attached hydrogen (secondary N) is 1. The Hall–Kier alpha value is -1.89. The van der Waals surface area contributed by atoms with E-state index in [1.54, 1.807) is 0 Å². The zero-order valence-corrected chi connectivity index (χ0v) is 11.0. The molecule has 0 spiro atoms. The molecule has 0 saturated heterocycles. The highest BCUT2D eigenvalue weighted by Gasteiger charge is 2.31. The molecule has 1 aliphatic carbocycles. The van der Waals surface area contributed by atoms with Crippen LogP contribution in [-0.4, -0.2) is 35.8 Å². The average molecular weight is 267 g/mol. The molecule has 1 saturated carbocycles. The number of hydrogen-bond acceptors (Lipinski definition) is 6. The molecule has 1 fully saturated rings. The maximum Gasteiger partial charge on any atom is 0.311 e. The predicted octanol–water partition coefficient (Wildman–Crippen LogP) is 1.98. The molecular formula is C12H17N3O4. The van der Waals surface area contributed by atoms with Gasteiger partial charge in [0.1, 0.15) is 0 Å². The molecule has 0 unspecified atom stereocenters. The highest BCUT2D eigenvalue weighted by Crippen LogP contribution is 2.31. The van der Waals surface area contributed by atoms with Crippen LogP contribution in [0.4, 0.5) is 11.5 Å². The number of anilines is 1. The first-order valence-corrected chi connectivity index (χ1v) is 6.21. The van der Waals surface area contributed by atoms with Gasteiger partial charge >= 0.3 is 5.69 Å². The highest BCUT2D eigenvalue weighted by molar-refractivity contribution is 5.57. The molecule has 19 heavy (non-hydrogen) atoms. The summed E-state index contributed by atoms with van der Waals surface area (Å²) in [6, 6.07) is 3.04. The first-order chi connectivity index (χ1) is 9.13. The van der Waals surface area contributed by atoms with Crippen molar-refractivity contribution in [3.63, 3.8) is 0 Å². The van der Waals surface area contributed by atoms with Crippen molar-refractivity contribution >= 4 is 11.5 Å². The fraction of sp³-hybridized carbons (Fsp3) is 0.583. The van der Waals surface area contributed by atoms with E-state index >= 15 is 0 Å². The lowest BCUT2D eigenvalue weighted by Gasteiger charge is -2.35. The topological polar surface area (TPSA) is 86.5 Å². The number of aromatic nitrogens is 1. The first kappa shape index (κ1) is 13.5. The number of rotatable bonds is 6. The Morgan fingerprint density at radius 3 is 2.84 bits per heavy atom. The van der Waals surface area contributed by atoms with Gasteiger partial charge in [-0.3, -0.25) is 10.1 Å². The van der Waals surface area contributed by atoms with Gasteiger partial charge in [-0.2, -0.15) is 4.98 Å². The molecule has 0 aliphatic heterocycles. The third-order valence-corrected chi connectivity index (χ3v) is 3.09. The molecule has 2 rings (SSSR count). The summed E-state index contributed by atoms with van der Waals surface area (Å²) in [5.41, 5.74) is -0.0411. The average Bonchev–Trinajstić information content (AvgIpc) is 2.35. The second-order valence-electron chi connectivity index (χ2n) is 4.37. The van der Waals surface area contributed by atoms with E-state index in [2.05, 4.69) is 10.3 Å². The van der Waals surface area contributed by atoms with Crippen LogP contribution in [0.15, 0.2) is 12.1 Å². The van der Waals surface area contributed by atoms with Gasteiger partial charge in [-0.25, -0.2) is 0 Å². The summed E-state index contributed by atoms with van der Waals surface area (Å²) in [4.78, 5) is 14.6. The van der Waals surface area contributed by atoms with Crippen molar-refractivity contribution in [3.8, 4) is 5.88 Å². The Morgan fingerprint density at radius 2 is 2.26 bits per heavy atom. The molecule has 1 aromatic heterocycles. The molecule has 1 heterocycles. The Labute approximate surface area is 111 Å². The van der Waals surface area contributed by atoms with Crippen LogP contribution in [0.1, 0.15) is 19.8 Å². The minimum Gasteiger partial charge on any atom is -0.481 e. The highest BCUT2D eigenvalue weighted by atomic mass is 16.6. The number of ether oxygens (including phenoxy) is 2. The van der Waals surface area contributed by atoms with Crippen LogP contribution in [0.5, 0.6) is 5.88 Å². The second kappa shape index (κ2) is 5.83. The van der Waals surface area contributed by atoms with Crippen molar-refractivity contribution in [3.05, 3.63) is 22.2 Å². The number of hydrogen-bond donors (Lipinski definition) is 1. The minimum absolute atomic E-state index is 0.0411. The lowest BCUT2D eigenvalue weighted by Crippen LogP contribution is -2.41. The van der Waals surface area contributed by atoms with Crippen molar-refractivity contribution < 1.29 is 14.4 Å². The summed E-state index contributed by atoms with van der Waals surface area (Å²) in [5.74, 6) is 0.609. The van der Waals surface area contributed by atoms with Crippen LogP contribution >= 0.6 is 0 Å². The van der Waals surface area contributed by atoms with Crippen molar-refractivity contribution in [2.45, 2.75) is 31.9 Å². The van der Waals surface area contributed by atoms with Crippen molar-refractivity contribution in [1.29, 1.82) is 0 Å². The van der Waals surface area contributed by atoms with Gasteiger partial charge < -0.3 is 14.8 Å². The zero-order valence-electron chi connectivity index (χ0n) is 11.0. The van der Waals surface area contributed by atoms with E-state index in [9.17, 15) is 10.1 Å². The quantitative estimate of drug-likeness (QED) is 0.626. The molecule has 0 amide bonds. The molecular weight excluding hydrogens is 250 g/mol. The van der Waals surface area contributed by atoms with E-state index < -0.39 is 4.92 Å². The zero-order chi connectivity index (χ0) is 13.8. The van der Waals surface area contributed by atoms with Gasteiger partial charge in [-0.05, 0) is 19.8 Å². The van der Waals surface area contributed by atoms with Crippen LogP contribution in [0, 0.1) is 10.1 Å². The van der Waals surface area contributed by atoms with Gasteiger partial charge in [0, 0.05) is 24.8 Å². The lowest BCUT2D eigenvalue weighted by molar-refractivity contribution is -0.384. The predicted molar refractivity (Wildman–Crippen MR) is 69.5 cm³/mol. The standard InChI is InChI=1S/C12H17N3O4/c1-3-19-9-6-8(7-9)13-12-10(15(16)17)4-5-11(14-12)18-2/h4-5,8-9H,3,6-7H2,1-2H3,(H,13,14). The molecule has 0 bridgehead atoms. The van der Waals surface area contributed by atoms with Crippen LogP contribution in [0.2, 0.25) is 0 Å². The molecule has 1 N–H and O–H groups in total. The Kier molecular flexibility index (Phi) is 4.16. The molecule has 104 valence electrons. The van der Waals surface area contributed by atoms with Gasteiger partial charge in [0.15, 0.2) is 0 Å². The summed E-state index contributed by atoms with van der Waals surface area (Å²) in [6.07, 6.45) is 1.92. The summed E-state index contributed by atoms with van der Waals surface area (Å²) < 4.78 is 10.4.